The van der Waals surface area contributed by atoms with E-state index in [-0.39, 0.29) is 11.3 Å². The van der Waals surface area contributed by atoms with Crippen molar-refractivity contribution in [3.8, 4) is 11.5 Å². The molecule has 1 fully saturated rings. The molecular weight excluding hydrogens is 462 g/mol. The maximum Gasteiger partial charge on any atom is 0.336 e. The lowest BCUT2D eigenvalue weighted by atomic mass is 9.86. The van der Waals surface area contributed by atoms with E-state index in [1.165, 1.54) is 25.3 Å². The summed E-state index contributed by atoms with van der Waals surface area (Å²) in [5.41, 5.74) is 3.20. The van der Waals surface area contributed by atoms with Crippen LogP contribution in [0.5, 0.6) is 11.5 Å². The summed E-state index contributed by atoms with van der Waals surface area (Å²) < 4.78 is 5.95. The van der Waals surface area contributed by atoms with Crippen LogP contribution in [0.3, 0.4) is 0 Å². The lowest BCUT2D eigenvalue weighted by Crippen LogP contribution is -2.41. The van der Waals surface area contributed by atoms with Crippen LogP contribution in [-0.2, 0) is 0 Å². The molecule has 8 heteroatoms. The Morgan fingerprint density at radius 1 is 1.20 bits per heavy atom. The van der Waals surface area contributed by atoms with Crippen molar-refractivity contribution in [3.63, 3.8) is 0 Å². The molecule has 2 aromatic rings. The van der Waals surface area contributed by atoms with E-state index in [9.17, 15) is 15.0 Å². The molecule has 0 aromatic heterocycles. The van der Waals surface area contributed by atoms with Crippen molar-refractivity contribution in [2.45, 2.75) is 32.2 Å². The molecule has 1 aliphatic carbocycles. The Morgan fingerprint density at radius 3 is 2.63 bits per heavy atom. The highest BCUT2D eigenvalue weighted by Gasteiger charge is 2.27. The Morgan fingerprint density at radius 2 is 1.97 bits per heavy atom. The number of anilines is 1. The number of allylic oxidation sites excluding steroid dienone is 2. The van der Waals surface area contributed by atoms with Crippen LogP contribution in [0.1, 0.15) is 47.7 Å². The molecule has 2 aliphatic rings. The van der Waals surface area contributed by atoms with Gasteiger partial charge in [-0.15, -0.1) is 0 Å². The zero-order valence-electron chi connectivity index (χ0n) is 19.6. The highest BCUT2D eigenvalue weighted by Crippen LogP contribution is 2.44. The molecule has 4 rings (SSSR count). The second-order valence-electron chi connectivity index (χ2n) is 8.46. The van der Waals surface area contributed by atoms with Crippen LogP contribution < -0.4 is 20.7 Å². The number of rotatable bonds is 8. The second-order valence-corrected chi connectivity index (χ2v) is 8.86. The SMILES string of the molecule is C=CC1=C(c2ccc(NC(=S)NCCNC3CCC3)cc2C(=O)O)c2ccc(O)cc2O/C1=C/C. The molecule has 1 aliphatic heterocycles. The zero-order valence-corrected chi connectivity index (χ0v) is 20.4. The quantitative estimate of drug-likeness (QED) is 0.265. The van der Waals surface area contributed by atoms with Gasteiger partial charge in [-0.1, -0.05) is 25.1 Å². The largest absolute Gasteiger partial charge is 0.508 e. The summed E-state index contributed by atoms with van der Waals surface area (Å²) in [4.78, 5) is 12.3. The molecule has 35 heavy (non-hydrogen) atoms. The number of carboxylic acid groups (broad SMARTS) is 1. The predicted octanol–water partition coefficient (Wildman–Crippen LogP) is 4.80. The van der Waals surface area contributed by atoms with Crippen molar-refractivity contribution in [2.24, 2.45) is 0 Å². The average Bonchev–Trinajstić information content (AvgIpc) is 2.81. The number of nitrogens with one attached hydrogen (secondary N) is 3. The van der Waals surface area contributed by atoms with Gasteiger partial charge in [-0.3, -0.25) is 0 Å². The van der Waals surface area contributed by atoms with Crippen LogP contribution >= 0.6 is 12.2 Å². The third-order valence-electron chi connectivity index (χ3n) is 6.18. The number of hydrogen-bond acceptors (Lipinski definition) is 5. The zero-order chi connectivity index (χ0) is 24.9. The van der Waals surface area contributed by atoms with Crippen molar-refractivity contribution >= 4 is 34.6 Å². The first kappa shape index (κ1) is 24.5. The minimum Gasteiger partial charge on any atom is -0.508 e. The standard InChI is InChI=1S/C27H29N3O4S/c1-3-19-23(4-2)34-24-15-18(31)9-11-21(24)25(19)20-10-8-17(14-22(20)26(32)33)30-27(35)29-13-12-28-16-6-5-7-16/h3-4,8-11,14-16,28,31H,1,5-7,12-13H2,2H3,(H,32,33)(H2,29,30,35)/b23-4+. The number of aromatic carboxylic acids is 1. The normalized spacial score (nSPS) is 16.2. The van der Waals surface area contributed by atoms with Gasteiger partial charge in [0.25, 0.3) is 0 Å². The van der Waals surface area contributed by atoms with Gasteiger partial charge in [0.15, 0.2) is 5.11 Å². The van der Waals surface area contributed by atoms with Gasteiger partial charge in [0, 0.05) is 47.6 Å². The van der Waals surface area contributed by atoms with Crippen molar-refractivity contribution < 1.29 is 19.7 Å². The molecule has 1 heterocycles. The van der Waals surface area contributed by atoms with E-state index in [4.69, 9.17) is 17.0 Å². The molecule has 5 N–H and O–H groups in total. The number of aromatic hydroxyl groups is 1. The van der Waals surface area contributed by atoms with Crippen molar-refractivity contribution in [2.75, 3.05) is 18.4 Å². The van der Waals surface area contributed by atoms with Crippen LogP contribution in [0.2, 0.25) is 0 Å². The van der Waals surface area contributed by atoms with E-state index in [1.54, 1.807) is 42.5 Å². The van der Waals surface area contributed by atoms with Gasteiger partial charge in [0.2, 0.25) is 0 Å². The van der Waals surface area contributed by atoms with Crippen molar-refractivity contribution in [1.29, 1.82) is 0 Å². The lowest BCUT2D eigenvalue weighted by molar-refractivity contribution is 0.0696. The summed E-state index contributed by atoms with van der Waals surface area (Å²) in [7, 11) is 0. The number of fused-ring (bicyclic) bond motifs is 1. The van der Waals surface area contributed by atoms with Gasteiger partial charge in [-0.05, 0) is 67.9 Å². The van der Waals surface area contributed by atoms with Gasteiger partial charge in [-0.25, -0.2) is 4.79 Å². The van der Waals surface area contributed by atoms with E-state index in [1.807, 2.05) is 6.92 Å². The van der Waals surface area contributed by atoms with E-state index >= 15 is 0 Å². The Labute approximate surface area is 210 Å². The van der Waals surface area contributed by atoms with E-state index in [0.717, 1.165) is 6.54 Å². The molecule has 0 spiro atoms. The first-order chi connectivity index (χ1) is 16.9. The highest BCUT2D eigenvalue weighted by molar-refractivity contribution is 7.80. The maximum absolute atomic E-state index is 12.3. The average molecular weight is 492 g/mol. The maximum atomic E-state index is 12.3. The molecule has 1 saturated carbocycles. The summed E-state index contributed by atoms with van der Waals surface area (Å²) in [6, 6.07) is 10.5. The number of hydrogen-bond donors (Lipinski definition) is 5. The van der Waals surface area contributed by atoms with E-state index in [2.05, 4.69) is 22.5 Å². The third kappa shape index (κ3) is 5.39. The van der Waals surface area contributed by atoms with Gasteiger partial charge < -0.3 is 30.9 Å². The first-order valence-corrected chi connectivity index (χ1v) is 12.0. The fourth-order valence-electron chi connectivity index (χ4n) is 4.21. The Kier molecular flexibility index (Phi) is 7.53. The number of carboxylic acids is 1. The smallest absolute Gasteiger partial charge is 0.336 e. The fourth-order valence-corrected chi connectivity index (χ4v) is 4.43. The molecule has 0 bridgehead atoms. The summed E-state index contributed by atoms with van der Waals surface area (Å²) >= 11 is 5.39. The van der Waals surface area contributed by atoms with Gasteiger partial charge in [0.05, 0.1) is 5.56 Å². The van der Waals surface area contributed by atoms with Crippen LogP contribution in [0.25, 0.3) is 5.57 Å². The minimum atomic E-state index is -1.07. The molecule has 0 atom stereocenters. The third-order valence-corrected chi connectivity index (χ3v) is 6.43. The summed E-state index contributed by atoms with van der Waals surface area (Å²) in [6.45, 7) is 7.23. The minimum absolute atomic E-state index is 0.0579. The van der Waals surface area contributed by atoms with Crippen LogP contribution in [0, 0.1) is 0 Å². The molecule has 182 valence electrons. The molecule has 2 aromatic carbocycles. The van der Waals surface area contributed by atoms with Crippen LogP contribution in [0.15, 0.2) is 66.5 Å². The van der Waals surface area contributed by atoms with Crippen molar-refractivity contribution in [1.82, 2.24) is 10.6 Å². The summed E-state index contributed by atoms with van der Waals surface area (Å²) in [5.74, 6) is -0.0369. The van der Waals surface area contributed by atoms with Crippen LogP contribution in [-0.4, -0.2) is 40.4 Å². The monoisotopic (exact) mass is 491 g/mol. The number of carbonyl (C=O) groups is 1. The summed E-state index contributed by atoms with van der Waals surface area (Å²) in [5, 5.41) is 30.1. The van der Waals surface area contributed by atoms with E-state index in [0.29, 0.717) is 57.2 Å². The molecule has 0 amide bonds. The molecule has 7 nitrogen and oxygen atoms in total. The number of thiocarbonyl (C=S) groups is 1. The number of phenols is 1. The number of ether oxygens (including phenoxy) is 1. The van der Waals surface area contributed by atoms with Gasteiger partial charge in [-0.2, -0.15) is 0 Å². The van der Waals surface area contributed by atoms with Crippen molar-refractivity contribution in [3.05, 3.63) is 83.2 Å². The van der Waals surface area contributed by atoms with Crippen LogP contribution in [0.4, 0.5) is 5.69 Å². The molecular formula is C27H29N3O4S. The van der Waals surface area contributed by atoms with Gasteiger partial charge in [0.1, 0.15) is 17.3 Å². The predicted molar refractivity (Wildman–Crippen MR) is 142 cm³/mol. The Balaban J connectivity index is 1.62. The first-order valence-electron chi connectivity index (χ1n) is 11.6. The Bertz CT molecular complexity index is 1230. The lowest BCUT2D eigenvalue weighted by Gasteiger charge is -2.26. The fraction of sp³-hybridized carbons (Fsp3) is 0.259. The second kappa shape index (κ2) is 10.8. The molecule has 0 saturated heterocycles. The Hall–Kier alpha value is -3.62. The highest BCUT2D eigenvalue weighted by atomic mass is 32.1. The van der Waals surface area contributed by atoms with E-state index < -0.39 is 5.97 Å². The number of benzene rings is 2. The number of phenolic OH excluding ortho intramolecular Hbond substituents is 1. The summed E-state index contributed by atoms with van der Waals surface area (Å²) in [6.07, 6.45) is 7.17. The topological polar surface area (TPSA) is 103 Å². The molecule has 0 radical (unpaired) electrons. The van der Waals surface area contributed by atoms with Gasteiger partial charge >= 0.3 is 5.97 Å². The molecule has 0 unspecified atom stereocenters.